The monoisotopic (exact) mass is 459 g/mol. The lowest BCUT2D eigenvalue weighted by Crippen LogP contribution is -2.14. The van der Waals surface area contributed by atoms with Crippen LogP contribution in [-0.2, 0) is 9.84 Å². The van der Waals surface area contributed by atoms with Crippen LogP contribution in [0.3, 0.4) is 0 Å². The second kappa shape index (κ2) is 8.95. The molecular weight excluding hydrogens is 438 g/mol. The van der Waals surface area contributed by atoms with Gasteiger partial charge in [-0.3, -0.25) is 4.79 Å². The van der Waals surface area contributed by atoms with E-state index in [1.807, 2.05) is 13.0 Å². The number of sulfone groups is 1. The van der Waals surface area contributed by atoms with E-state index < -0.39 is 21.8 Å². The molecule has 9 heteroatoms. The third-order valence-electron chi connectivity index (χ3n) is 4.62. The molecule has 2 aromatic carbocycles. The fraction of sp³-hybridized carbons (Fsp3) is 0.182. The first kappa shape index (κ1) is 22.6. The summed E-state index contributed by atoms with van der Waals surface area (Å²) in [6, 6.07) is 13.3. The molecule has 3 N–H and O–H groups in total. The van der Waals surface area contributed by atoms with Gasteiger partial charge < -0.3 is 15.8 Å². The van der Waals surface area contributed by atoms with E-state index in [1.54, 1.807) is 43.3 Å². The van der Waals surface area contributed by atoms with E-state index in [9.17, 15) is 13.2 Å². The Morgan fingerprint density at radius 2 is 1.94 bits per heavy atom. The molecule has 1 unspecified atom stereocenters. The summed E-state index contributed by atoms with van der Waals surface area (Å²) >= 11 is 5.95. The van der Waals surface area contributed by atoms with Gasteiger partial charge in [-0.1, -0.05) is 29.8 Å². The number of pyridine rings is 1. The van der Waals surface area contributed by atoms with Crippen LogP contribution in [0.5, 0.6) is 5.75 Å². The standard InChI is InChI=1S/C22H22ClN3O4S/c1-13-7-8-16(10-20(13)31(3,28)29)22(27)26-18-6-4-5-15(9-18)14(2)30-19-11-17(23)12-25-21(19)24/h4-12,14H,1-3H3,(H2,24,25)(H,26,27). The number of nitrogens with one attached hydrogen (secondary N) is 1. The first-order valence-electron chi connectivity index (χ1n) is 9.34. The highest BCUT2D eigenvalue weighted by Gasteiger charge is 2.16. The maximum absolute atomic E-state index is 12.7. The molecule has 0 spiro atoms. The Morgan fingerprint density at radius 1 is 1.19 bits per heavy atom. The first-order chi connectivity index (χ1) is 14.5. The molecule has 0 aliphatic rings. The Morgan fingerprint density at radius 3 is 2.65 bits per heavy atom. The molecule has 0 saturated heterocycles. The lowest BCUT2D eigenvalue weighted by atomic mass is 10.1. The highest BCUT2D eigenvalue weighted by atomic mass is 35.5. The quantitative estimate of drug-likeness (QED) is 0.564. The third kappa shape index (κ3) is 5.53. The number of carbonyl (C=O) groups is 1. The Balaban J connectivity index is 1.79. The van der Waals surface area contributed by atoms with E-state index in [1.165, 1.54) is 12.3 Å². The average molecular weight is 460 g/mol. The second-order valence-corrected chi connectivity index (χ2v) is 9.55. The summed E-state index contributed by atoms with van der Waals surface area (Å²) in [4.78, 5) is 16.8. The van der Waals surface area contributed by atoms with Crippen LogP contribution in [0.25, 0.3) is 0 Å². The molecule has 0 saturated carbocycles. The Hall–Kier alpha value is -3.10. The highest BCUT2D eigenvalue weighted by molar-refractivity contribution is 7.90. The Labute approximate surface area is 186 Å². The summed E-state index contributed by atoms with van der Waals surface area (Å²) in [6.45, 7) is 3.52. The van der Waals surface area contributed by atoms with Crippen molar-refractivity contribution in [1.29, 1.82) is 0 Å². The van der Waals surface area contributed by atoms with Crippen molar-refractivity contribution in [1.82, 2.24) is 4.98 Å². The van der Waals surface area contributed by atoms with Gasteiger partial charge in [0.25, 0.3) is 5.91 Å². The van der Waals surface area contributed by atoms with Crippen LogP contribution in [0.2, 0.25) is 5.02 Å². The molecular formula is C22H22ClN3O4S. The Kier molecular flexibility index (Phi) is 6.52. The van der Waals surface area contributed by atoms with Gasteiger partial charge in [0.2, 0.25) is 0 Å². The molecule has 0 radical (unpaired) electrons. The van der Waals surface area contributed by atoms with E-state index in [2.05, 4.69) is 10.3 Å². The normalized spacial score (nSPS) is 12.3. The highest BCUT2D eigenvalue weighted by Crippen LogP contribution is 2.29. The van der Waals surface area contributed by atoms with Crippen LogP contribution >= 0.6 is 11.6 Å². The van der Waals surface area contributed by atoms with Gasteiger partial charge in [0.15, 0.2) is 21.4 Å². The summed E-state index contributed by atoms with van der Waals surface area (Å²) in [5.41, 5.74) is 8.00. The molecule has 162 valence electrons. The van der Waals surface area contributed by atoms with Crippen molar-refractivity contribution in [3.63, 3.8) is 0 Å². The summed E-state index contributed by atoms with van der Waals surface area (Å²) in [7, 11) is -3.44. The topological polar surface area (TPSA) is 111 Å². The number of aromatic nitrogens is 1. The van der Waals surface area contributed by atoms with Crippen molar-refractivity contribution in [3.05, 3.63) is 76.4 Å². The molecule has 0 fully saturated rings. The molecule has 3 rings (SSSR count). The van der Waals surface area contributed by atoms with Crippen LogP contribution in [0.1, 0.15) is 34.5 Å². The van der Waals surface area contributed by atoms with Crippen molar-refractivity contribution < 1.29 is 17.9 Å². The molecule has 0 bridgehead atoms. The molecule has 0 aliphatic carbocycles. The van der Waals surface area contributed by atoms with Crippen molar-refractivity contribution in [2.24, 2.45) is 0 Å². The van der Waals surface area contributed by atoms with Crippen LogP contribution in [0.15, 0.2) is 59.6 Å². The first-order valence-corrected chi connectivity index (χ1v) is 11.6. The zero-order chi connectivity index (χ0) is 22.8. The number of rotatable bonds is 6. The minimum absolute atomic E-state index is 0.128. The molecule has 1 aromatic heterocycles. The summed E-state index contributed by atoms with van der Waals surface area (Å²) in [5, 5.41) is 3.19. The van der Waals surface area contributed by atoms with Crippen LogP contribution in [0.4, 0.5) is 11.5 Å². The largest absolute Gasteiger partial charge is 0.482 e. The molecule has 0 aliphatic heterocycles. The fourth-order valence-corrected chi connectivity index (χ4v) is 4.14. The van der Waals surface area contributed by atoms with E-state index in [-0.39, 0.29) is 16.3 Å². The average Bonchev–Trinajstić information content (AvgIpc) is 2.70. The number of hydrogen-bond acceptors (Lipinski definition) is 6. The minimum atomic E-state index is -3.44. The SMILES string of the molecule is Cc1ccc(C(=O)Nc2cccc(C(C)Oc3cc(Cl)cnc3N)c2)cc1S(C)(=O)=O. The maximum atomic E-state index is 12.7. The van der Waals surface area contributed by atoms with E-state index >= 15 is 0 Å². The molecule has 3 aromatic rings. The zero-order valence-corrected chi connectivity index (χ0v) is 18.8. The number of amides is 1. The van der Waals surface area contributed by atoms with Gasteiger partial charge in [-0.15, -0.1) is 0 Å². The number of carbonyl (C=O) groups excluding carboxylic acids is 1. The minimum Gasteiger partial charge on any atom is -0.482 e. The van der Waals surface area contributed by atoms with Crippen LogP contribution in [0, 0.1) is 6.92 Å². The fourth-order valence-electron chi connectivity index (χ4n) is 3.00. The summed E-state index contributed by atoms with van der Waals surface area (Å²) < 4.78 is 29.7. The molecule has 7 nitrogen and oxygen atoms in total. The summed E-state index contributed by atoms with van der Waals surface area (Å²) in [5.74, 6) is 0.170. The number of benzene rings is 2. The number of nitrogens with zero attached hydrogens (tertiary/aromatic N) is 1. The molecule has 1 amide bonds. The van der Waals surface area contributed by atoms with Crippen LogP contribution in [-0.4, -0.2) is 25.6 Å². The summed E-state index contributed by atoms with van der Waals surface area (Å²) in [6.07, 6.45) is 2.16. The van der Waals surface area contributed by atoms with E-state index in [0.717, 1.165) is 11.8 Å². The van der Waals surface area contributed by atoms with Gasteiger partial charge in [0, 0.05) is 29.8 Å². The van der Waals surface area contributed by atoms with Gasteiger partial charge in [-0.2, -0.15) is 0 Å². The number of halogens is 1. The van der Waals surface area contributed by atoms with Crippen molar-refractivity contribution in [2.45, 2.75) is 24.8 Å². The maximum Gasteiger partial charge on any atom is 0.255 e. The van der Waals surface area contributed by atoms with E-state index in [0.29, 0.717) is 22.0 Å². The van der Waals surface area contributed by atoms with Gasteiger partial charge in [0.1, 0.15) is 6.10 Å². The van der Waals surface area contributed by atoms with Crippen molar-refractivity contribution in [2.75, 3.05) is 17.3 Å². The van der Waals surface area contributed by atoms with Gasteiger partial charge in [-0.25, -0.2) is 13.4 Å². The molecule has 31 heavy (non-hydrogen) atoms. The smallest absolute Gasteiger partial charge is 0.255 e. The van der Waals surface area contributed by atoms with Gasteiger partial charge in [0.05, 0.1) is 9.92 Å². The predicted octanol–water partition coefficient (Wildman–Crippen LogP) is 4.42. The van der Waals surface area contributed by atoms with Crippen molar-refractivity contribution >= 4 is 38.9 Å². The predicted molar refractivity (Wildman–Crippen MR) is 121 cm³/mol. The third-order valence-corrected chi connectivity index (χ3v) is 6.06. The van der Waals surface area contributed by atoms with Gasteiger partial charge in [-0.05, 0) is 49.2 Å². The van der Waals surface area contributed by atoms with Crippen LogP contribution < -0.4 is 15.8 Å². The molecule has 1 atom stereocenters. The number of anilines is 2. The Bertz CT molecular complexity index is 1250. The molecule has 1 heterocycles. The number of ether oxygens (including phenoxy) is 1. The van der Waals surface area contributed by atoms with Crippen molar-refractivity contribution in [3.8, 4) is 5.75 Å². The lowest BCUT2D eigenvalue weighted by molar-refractivity contribution is 0.102. The van der Waals surface area contributed by atoms with E-state index in [4.69, 9.17) is 22.1 Å². The van der Waals surface area contributed by atoms with Gasteiger partial charge >= 0.3 is 0 Å². The zero-order valence-electron chi connectivity index (χ0n) is 17.2. The number of aryl methyl sites for hydroxylation is 1. The lowest BCUT2D eigenvalue weighted by Gasteiger charge is -2.17. The number of nitrogens with two attached hydrogens (primary N) is 1. The second-order valence-electron chi connectivity index (χ2n) is 7.13. The number of hydrogen-bond donors (Lipinski definition) is 2. The number of nitrogen functional groups attached to an aromatic ring is 1.